The maximum atomic E-state index is 12.2. The second kappa shape index (κ2) is 5.67. The molecule has 0 saturated carbocycles. The summed E-state index contributed by atoms with van der Waals surface area (Å²) in [6, 6.07) is 4.81. The molecule has 1 rings (SSSR count). The molecule has 2 N–H and O–H groups in total. The fourth-order valence-corrected chi connectivity index (χ4v) is 1.37. The summed E-state index contributed by atoms with van der Waals surface area (Å²) in [6.45, 7) is 0. The van der Waals surface area contributed by atoms with Crippen LogP contribution in [0.3, 0.4) is 0 Å². The molecule has 0 atom stereocenters. The minimum Gasteiger partial charge on any atom is -0.289 e. The van der Waals surface area contributed by atoms with Crippen molar-refractivity contribution in [2.45, 2.75) is 25.4 Å². The zero-order valence-corrected chi connectivity index (χ0v) is 8.92. The molecule has 1 amide bonds. The average molecular weight is 247 g/mol. The van der Waals surface area contributed by atoms with Crippen molar-refractivity contribution < 1.29 is 23.2 Å². The van der Waals surface area contributed by atoms with E-state index in [2.05, 4.69) is 0 Å². The van der Waals surface area contributed by atoms with Gasteiger partial charge in [0.25, 0.3) is 0 Å². The lowest BCUT2D eigenvalue weighted by atomic mass is 10.1. The molecule has 1 aromatic rings. The first kappa shape index (κ1) is 13.5. The predicted molar refractivity (Wildman–Crippen MR) is 54.3 cm³/mol. The Hall–Kier alpha value is -1.56. The lowest BCUT2D eigenvalue weighted by Gasteiger charge is -2.07. The Morgan fingerprint density at radius 3 is 2.29 bits per heavy atom. The third-order valence-corrected chi connectivity index (χ3v) is 2.28. The van der Waals surface area contributed by atoms with Crippen molar-refractivity contribution in [1.82, 2.24) is 5.48 Å². The summed E-state index contributed by atoms with van der Waals surface area (Å²) in [4.78, 5) is 10.7. The molecule has 0 unspecified atom stereocenters. The number of alkyl halides is 3. The molecule has 0 radical (unpaired) electrons. The summed E-state index contributed by atoms with van der Waals surface area (Å²) >= 11 is 0. The number of hydrogen-bond acceptors (Lipinski definition) is 2. The zero-order valence-electron chi connectivity index (χ0n) is 8.92. The van der Waals surface area contributed by atoms with Crippen molar-refractivity contribution in [1.29, 1.82) is 0 Å². The first-order valence-electron chi connectivity index (χ1n) is 5.02. The smallest absolute Gasteiger partial charge is 0.289 e. The van der Waals surface area contributed by atoms with Crippen LogP contribution in [0, 0.1) is 0 Å². The third kappa shape index (κ3) is 4.44. The van der Waals surface area contributed by atoms with E-state index in [4.69, 9.17) is 5.21 Å². The second-order valence-electron chi connectivity index (χ2n) is 3.58. The van der Waals surface area contributed by atoms with Gasteiger partial charge in [-0.2, -0.15) is 13.2 Å². The minimum atomic E-state index is -4.32. The fourth-order valence-electron chi connectivity index (χ4n) is 1.37. The third-order valence-electron chi connectivity index (χ3n) is 2.28. The van der Waals surface area contributed by atoms with Gasteiger partial charge in [-0.15, -0.1) is 0 Å². The molecule has 0 aliphatic rings. The first-order chi connectivity index (χ1) is 7.93. The number of hydrogen-bond donors (Lipinski definition) is 2. The van der Waals surface area contributed by atoms with Crippen LogP contribution >= 0.6 is 0 Å². The molecule has 3 nitrogen and oxygen atoms in total. The van der Waals surface area contributed by atoms with Gasteiger partial charge in [-0.25, -0.2) is 5.48 Å². The number of aryl methyl sites for hydroxylation is 1. The van der Waals surface area contributed by atoms with Crippen molar-refractivity contribution >= 4 is 5.91 Å². The van der Waals surface area contributed by atoms with Gasteiger partial charge in [0.2, 0.25) is 5.91 Å². The van der Waals surface area contributed by atoms with Crippen LogP contribution in [0.2, 0.25) is 0 Å². The van der Waals surface area contributed by atoms with Crippen LogP contribution in [0.4, 0.5) is 13.2 Å². The second-order valence-corrected chi connectivity index (χ2v) is 3.58. The Bertz CT molecular complexity index is 373. The minimum absolute atomic E-state index is 0.136. The average Bonchev–Trinajstić information content (AvgIpc) is 2.28. The summed E-state index contributed by atoms with van der Waals surface area (Å²) in [5.74, 6) is -0.503. The van der Waals surface area contributed by atoms with Gasteiger partial charge in [-0.1, -0.05) is 12.1 Å². The van der Waals surface area contributed by atoms with Gasteiger partial charge in [0, 0.05) is 6.42 Å². The maximum absolute atomic E-state index is 12.2. The van der Waals surface area contributed by atoms with Crippen LogP contribution in [0.5, 0.6) is 0 Å². The van der Waals surface area contributed by atoms with Crippen molar-refractivity contribution in [3.05, 3.63) is 35.4 Å². The van der Waals surface area contributed by atoms with E-state index in [0.717, 1.165) is 17.7 Å². The molecule has 0 saturated heterocycles. The molecule has 0 bridgehead atoms. The van der Waals surface area contributed by atoms with Crippen LogP contribution in [-0.2, 0) is 17.4 Å². The van der Waals surface area contributed by atoms with Gasteiger partial charge in [0.1, 0.15) is 0 Å². The molecule has 0 heterocycles. The van der Waals surface area contributed by atoms with Crippen LogP contribution < -0.4 is 5.48 Å². The Morgan fingerprint density at radius 1 is 1.24 bits per heavy atom. The lowest BCUT2D eigenvalue weighted by molar-refractivity contribution is -0.137. The highest BCUT2D eigenvalue weighted by Crippen LogP contribution is 2.29. The fraction of sp³-hybridized carbons (Fsp3) is 0.364. The summed E-state index contributed by atoms with van der Waals surface area (Å²) in [5, 5.41) is 8.23. The van der Waals surface area contributed by atoms with Gasteiger partial charge in [0.05, 0.1) is 5.56 Å². The Labute approximate surface area is 96.2 Å². The standard InChI is InChI=1S/C11H12F3NO2/c12-11(13,14)9-6-4-8(5-7-9)2-1-3-10(16)15-17/h4-7,17H,1-3H2,(H,15,16). The molecule has 94 valence electrons. The zero-order chi connectivity index (χ0) is 12.9. The summed E-state index contributed by atoms with van der Waals surface area (Å²) < 4.78 is 36.7. The van der Waals surface area contributed by atoms with Crippen molar-refractivity contribution in [3.63, 3.8) is 0 Å². The van der Waals surface area contributed by atoms with Gasteiger partial charge in [-0.05, 0) is 30.5 Å². The summed E-state index contributed by atoms with van der Waals surface area (Å²) in [5.41, 5.74) is 1.53. The molecule has 0 aromatic heterocycles. The number of halogens is 3. The van der Waals surface area contributed by atoms with E-state index in [9.17, 15) is 18.0 Å². The SMILES string of the molecule is O=C(CCCc1ccc(C(F)(F)F)cc1)NO. The number of benzene rings is 1. The Kier molecular flexibility index (Phi) is 4.51. The number of hydroxylamine groups is 1. The quantitative estimate of drug-likeness (QED) is 0.634. The molecule has 6 heteroatoms. The molecule has 17 heavy (non-hydrogen) atoms. The maximum Gasteiger partial charge on any atom is 0.416 e. The van der Waals surface area contributed by atoms with Gasteiger partial charge in [-0.3, -0.25) is 10.0 Å². The highest BCUT2D eigenvalue weighted by molar-refractivity contribution is 5.74. The highest BCUT2D eigenvalue weighted by atomic mass is 19.4. The molecule has 1 aromatic carbocycles. The lowest BCUT2D eigenvalue weighted by Crippen LogP contribution is -2.18. The summed E-state index contributed by atoms with van der Waals surface area (Å²) in [6.07, 6.45) is -3.23. The summed E-state index contributed by atoms with van der Waals surface area (Å²) in [7, 11) is 0. The Morgan fingerprint density at radius 2 is 1.82 bits per heavy atom. The number of carbonyl (C=O) groups is 1. The van der Waals surface area contributed by atoms with E-state index in [1.54, 1.807) is 0 Å². The molecular weight excluding hydrogens is 235 g/mol. The van der Waals surface area contributed by atoms with E-state index in [1.165, 1.54) is 17.6 Å². The van der Waals surface area contributed by atoms with Crippen LogP contribution in [0.15, 0.2) is 24.3 Å². The molecule has 0 spiro atoms. The topological polar surface area (TPSA) is 49.3 Å². The van der Waals surface area contributed by atoms with Gasteiger partial charge < -0.3 is 0 Å². The van der Waals surface area contributed by atoms with E-state index in [0.29, 0.717) is 12.8 Å². The highest BCUT2D eigenvalue weighted by Gasteiger charge is 2.29. The van der Waals surface area contributed by atoms with E-state index in [1.807, 2.05) is 0 Å². The normalized spacial score (nSPS) is 11.3. The molecular formula is C11H12F3NO2. The van der Waals surface area contributed by atoms with E-state index >= 15 is 0 Å². The predicted octanol–water partition coefficient (Wildman–Crippen LogP) is 2.53. The number of rotatable bonds is 4. The van der Waals surface area contributed by atoms with Crippen molar-refractivity contribution in [2.24, 2.45) is 0 Å². The number of amides is 1. The number of nitrogens with one attached hydrogen (secondary N) is 1. The van der Waals surface area contributed by atoms with Crippen LogP contribution in [-0.4, -0.2) is 11.1 Å². The van der Waals surface area contributed by atoms with Gasteiger partial charge in [0.15, 0.2) is 0 Å². The van der Waals surface area contributed by atoms with Crippen molar-refractivity contribution in [2.75, 3.05) is 0 Å². The first-order valence-corrected chi connectivity index (χ1v) is 5.02. The Balaban J connectivity index is 2.49. The molecule has 0 aliphatic carbocycles. The number of carbonyl (C=O) groups excluding carboxylic acids is 1. The van der Waals surface area contributed by atoms with Crippen LogP contribution in [0.25, 0.3) is 0 Å². The largest absolute Gasteiger partial charge is 0.416 e. The van der Waals surface area contributed by atoms with Gasteiger partial charge >= 0.3 is 6.18 Å². The van der Waals surface area contributed by atoms with Crippen molar-refractivity contribution in [3.8, 4) is 0 Å². The molecule has 0 aliphatic heterocycles. The van der Waals surface area contributed by atoms with E-state index < -0.39 is 17.6 Å². The van der Waals surface area contributed by atoms with Crippen LogP contribution in [0.1, 0.15) is 24.0 Å². The molecule has 0 fully saturated rings. The monoisotopic (exact) mass is 247 g/mol. The van der Waals surface area contributed by atoms with E-state index in [-0.39, 0.29) is 6.42 Å².